The van der Waals surface area contributed by atoms with Gasteiger partial charge in [0.2, 0.25) is 0 Å². The van der Waals surface area contributed by atoms with E-state index in [0.717, 1.165) is 5.56 Å². The Morgan fingerprint density at radius 2 is 1.77 bits per heavy atom. The molecule has 3 nitrogen and oxygen atoms in total. The molecule has 0 aromatic heterocycles. The van der Waals surface area contributed by atoms with E-state index in [1.54, 1.807) is 30.3 Å². The summed E-state index contributed by atoms with van der Waals surface area (Å²) in [6.45, 7) is 0. The minimum atomic E-state index is -4.42. The molecule has 0 heterocycles. The molecule has 2 aromatic carbocycles. The highest BCUT2D eigenvalue weighted by atomic mass is 32.2. The predicted octanol–water partition coefficient (Wildman–Crippen LogP) is 4.45. The van der Waals surface area contributed by atoms with E-state index in [-0.39, 0.29) is 12.0 Å². The normalized spacial score (nSPS) is 12.8. The van der Waals surface area contributed by atoms with Gasteiger partial charge in [-0.3, -0.25) is 4.79 Å². The number of hydrogen-bond donors (Lipinski definition) is 2. The van der Waals surface area contributed by atoms with E-state index in [9.17, 15) is 18.0 Å². The summed E-state index contributed by atoms with van der Waals surface area (Å²) < 4.78 is 40.3. The second-order valence-electron chi connectivity index (χ2n) is 5.83. The number of carbonyl (C=O) groups is 1. The number of nitrogens with two attached hydrogens (primary N) is 1. The van der Waals surface area contributed by atoms with Crippen LogP contribution in [-0.4, -0.2) is 28.6 Å². The highest BCUT2D eigenvalue weighted by Crippen LogP contribution is 2.35. The van der Waals surface area contributed by atoms with Crippen molar-refractivity contribution in [2.45, 2.75) is 25.1 Å². The Morgan fingerprint density at radius 3 is 2.38 bits per heavy atom. The molecule has 1 unspecified atom stereocenters. The van der Waals surface area contributed by atoms with E-state index in [2.05, 4.69) is 0 Å². The third-order valence-corrected chi connectivity index (χ3v) is 4.95. The predicted molar refractivity (Wildman–Crippen MR) is 98.1 cm³/mol. The largest absolute Gasteiger partial charge is 0.480 e. The average molecular weight is 383 g/mol. The lowest BCUT2D eigenvalue weighted by atomic mass is 9.97. The van der Waals surface area contributed by atoms with Crippen LogP contribution in [0.25, 0.3) is 11.1 Å². The average Bonchev–Trinajstić information content (AvgIpc) is 2.61. The highest BCUT2D eigenvalue weighted by molar-refractivity contribution is 7.99. The van der Waals surface area contributed by atoms with Gasteiger partial charge in [-0.1, -0.05) is 42.5 Å². The van der Waals surface area contributed by atoms with Crippen molar-refractivity contribution >= 4 is 17.7 Å². The van der Waals surface area contributed by atoms with E-state index >= 15 is 0 Å². The Balaban J connectivity index is 2.05. The van der Waals surface area contributed by atoms with Gasteiger partial charge >= 0.3 is 12.1 Å². The van der Waals surface area contributed by atoms with Gasteiger partial charge < -0.3 is 10.8 Å². The number of hydrogen-bond acceptors (Lipinski definition) is 3. The van der Waals surface area contributed by atoms with Gasteiger partial charge in [0.1, 0.15) is 6.04 Å². The summed E-state index contributed by atoms with van der Waals surface area (Å²) in [6, 6.07) is 12.4. The minimum Gasteiger partial charge on any atom is -0.480 e. The fourth-order valence-electron chi connectivity index (χ4n) is 2.49. The summed E-state index contributed by atoms with van der Waals surface area (Å²) in [5, 5.41) is 8.70. The standard InChI is InChI=1S/C19H20F3NO2S/c20-19(21,22)16-12-15(13-4-2-1-3-5-13)7-6-14(16)8-10-26-11-9-17(23)18(24)25/h1-7,12,17H,8-11,23H2,(H,24,25). The Morgan fingerprint density at radius 1 is 1.08 bits per heavy atom. The fraction of sp³-hybridized carbons (Fsp3) is 0.316. The first-order valence-corrected chi connectivity index (χ1v) is 9.26. The Hall–Kier alpha value is -1.99. The van der Waals surface area contributed by atoms with Crippen molar-refractivity contribution in [2.24, 2.45) is 5.73 Å². The van der Waals surface area contributed by atoms with Crippen LogP contribution in [0.4, 0.5) is 13.2 Å². The second-order valence-corrected chi connectivity index (χ2v) is 7.06. The van der Waals surface area contributed by atoms with Crippen LogP contribution >= 0.6 is 11.8 Å². The lowest BCUT2D eigenvalue weighted by molar-refractivity contribution is -0.139. The van der Waals surface area contributed by atoms with Crippen LogP contribution in [0.3, 0.4) is 0 Å². The van der Waals surface area contributed by atoms with Gasteiger partial charge in [-0.05, 0) is 47.1 Å². The molecular formula is C19H20F3NO2S. The van der Waals surface area contributed by atoms with E-state index < -0.39 is 23.8 Å². The quantitative estimate of drug-likeness (QED) is 0.661. The van der Waals surface area contributed by atoms with Crippen LogP contribution in [0.2, 0.25) is 0 Å². The molecule has 0 aliphatic rings. The van der Waals surface area contributed by atoms with Gasteiger partial charge in [-0.15, -0.1) is 0 Å². The maximum atomic E-state index is 13.4. The van der Waals surface area contributed by atoms with Crippen LogP contribution in [0, 0.1) is 0 Å². The lowest BCUT2D eigenvalue weighted by Gasteiger charge is -2.15. The van der Waals surface area contributed by atoms with Gasteiger partial charge in [-0.25, -0.2) is 0 Å². The molecule has 0 saturated carbocycles. The lowest BCUT2D eigenvalue weighted by Crippen LogP contribution is -2.30. The summed E-state index contributed by atoms with van der Waals surface area (Å²) in [6.07, 6.45) is -3.87. The number of carboxylic acids is 1. The summed E-state index contributed by atoms with van der Waals surface area (Å²) in [5.41, 5.74) is 6.29. The van der Waals surface area contributed by atoms with Crippen LogP contribution in [0.15, 0.2) is 48.5 Å². The summed E-state index contributed by atoms with van der Waals surface area (Å²) in [7, 11) is 0. The molecule has 0 aliphatic carbocycles. The maximum Gasteiger partial charge on any atom is 0.416 e. The van der Waals surface area contributed by atoms with Crippen LogP contribution in [0.1, 0.15) is 17.5 Å². The molecular weight excluding hydrogens is 363 g/mol. The Bertz CT molecular complexity index is 735. The first-order valence-electron chi connectivity index (χ1n) is 8.10. The number of alkyl halides is 3. The topological polar surface area (TPSA) is 63.3 Å². The maximum absolute atomic E-state index is 13.4. The summed E-state index contributed by atoms with van der Waals surface area (Å²) >= 11 is 1.40. The number of aryl methyl sites for hydroxylation is 1. The molecule has 0 spiro atoms. The monoisotopic (exact) mass is 383 g/mol. The van der Waals surface area contributed by atoms with Crippen molar-refractivity contribution in [1.29, 1.82) is 0 Å². The molecule has 0 amide bonds. The molecule has 0 aliphatic heterocycles. The van der Waals surface area contributed by atoms with Crippen molar-refractivity contribution in [3.8, 4) is 11.1 Å². The van der Waals surface area contributed by atoms with Gasteiger partial charge in [0, 0.05) is 0 Å². The summed E-state index contributed by atoms with van der Waals surface area (Å²) in [4.78, 5) is 10.6. The molecule has 2 rings (SSSR count). The first kappa shape index (κ1) is 20.3. The number of benzene rings is 2. The second kappa shape index (κ2) is 9.09. The minimum absolute atomic E-state index is 0.243. The van der Waals surface area contributed by atoms with E-state index in [0.29, 0.717) is 23.5 Å². The fourth-order valence-corrected chi connectivity index (χ4v) is 3.48. The first-order chi connectivity index (χ1) is 12.3. The third kappa shape index (κ3) is 5.78. The SMILES string of the molecule is NC(CCSCCc1ccc(-c2ccccc2)cc1C(F)(F)F)C(=O)O. The van der Waals surface area contributed by atoms with E-state index in [1.165, 1.54) is 23.9 Å². The summed E-state index contributed by atoms with van der Waals surface area (Å²) in [5.74, 6) is -0.0988. The van der Waals surface area contributed by atoms with Gasteiger partial charge in [0.25, 0.3) is 0 Å². The molecule has 0 radical (unpaired) electrons. The number of aliphatic carboxylic acids is 1. The molecule has 3 N–H and O–H groups in total. The Labute approximate surface area is 154 Å². The molecule has 140 valence electrons. The Kier molecular flexibility index (Phi) is 7.11. The van der Waals surface area contributed by atoms with E-state index in [4.69, 9.17) is 10.8 Å². The number of carboxylic acid groups (broad SMARTS) is 1. The zero-order chi connectivity index (χ0) is 19.2. The molecule has 2 aromatic rings. The van der Waals surface area contributed by atoms with Crippen LogP contribution in [0.5, 0.6) is 0 Å². The van der Waals surface area contributed by atoms with Crippen molar-refractivity contribution < 1.29 is 23.1 Å². The van der Waals surface area contributed by atoms with Crippen molar-refractivity contribution in [3.63, 3.8) is 0 Å². The number of thioether (sulfide) groups is 1. The van der Waals surface area contributed by atoms with Gasteiger partial charge in [0.05, 0.1) is 5.56 Å². The van der Waals surface area contributed by atoms with Gasteiger partial charge in [-0.2, -0.15) is 24.9 Å². The molecule has 0 fully saturated rings. The van der Waals surface area contributed by atoms with Crippen LogP contribution < -0.4 is 5.73 Å². The molecule has 26 heavy (non-hydrogen) atoms. The smallest absolute Gasteiger partial charge is 0.416 e. The van der Waals surface area contributed by atoms with Crippen molar-refractivity contribution in [1.82, 2.24) is 0 Å². The van der Waals surface area contributed by atoms with Crippen LogP contribution in [-0.2, 0) is 17.4 Å². The molecule has 0 saturated heterocycles. The number of halogens is 3. The van der Waals surface area contributed by atoms with Crippen molar-refractivity contribution in [2.75, 3.05) is 11.5 Å². The zero-order valence-electron chi connectivity index (χ0n) is 14.0. The molecule has 7 heteroatoms. The molecule has 1 atom stereocenters. The molecule has 0 bridgehead atoms. The van der Waals surface area contributed by atoms with Crippen molar-refractivity contribution in [3.05, 3.63) is 59.7 Å². The van der Waals surface area contributed by atoms with E-state index in [1.807, 2.05) is 6.07 Å². The van der Waals surface area contributed by atoms with Gasteiger partial charge in [0.15, 0.2) is 0 Å². The zero-order valence-corrected chi connectivity index (χ0v) is 14.8. The third-order valence-electron chi connectivity index (χ3n) is 3.93. The number of rotatable bonds is 8. The highest BCUT2D eigenvalue weighted by Gasteiger charge is 2.33.